The molecule has 1 aromatic carbocycles. The molecule has 0 radical (unpaired) electrons. The molecule has 6 heteroatoms. The van der Waals surface area contributed by atoms with Crippen LogP contribution >= 0.6 is 0 Å². The van der Waals surface area contributed by atoms with E-state index in [0.717, 1.165) is 13.0 Å². The van der Waals surface area contributed by atoms with Crippen LogP contribution in [0.1, 0.15) is 53.5 Å². The molecule has 5 nitrogen and oxygen atoms in total. The molecule has 1 amide bonds. The first-order chi connectivity index (χ1) is 13.8. The van der Waals surface area contributed by atoms with Crippen LogP contribution in [0.15, 0.2) is 30.3 Å². The van der Waals surface area contributed by atoms with Crippen LogP contribution in [-0.2, 0) is 20.5 Å². The molecule has 1 aromatic rings. The number of carbonyl (C=O) groups excluding carboxylic acids is 1. The molecule has 30 heavy (non-hydrogen) atoms. The average molecular weight is 436 g/mol. The van der Waals surface area contributed by atoms with Crippen molar-refractivity contribution < 1.29 is 18.7 Å². The van der Waals surface area contributed by atoms with Crippen molar-refractivity contribution in [3.63, 3.8) is 0 Å². The number of benzene rings is 1. The molecule has 1 N–H and O–H groups in total. The highest BCUT2D eigenvalue weighted by atomic mass is 28.4. The summed E-state index contributed by atoms with van der Waals surface area (Å²) >= 11 is 0. The first-order valence-electron chi connectivity index (χ1n) is 11.0. The second-order valence-corrected chi connectivity index (χ2v) is 15.7. The van der Waals surface area contributed by atoms with Crippen LogP contribution in [0.3, 0.4) is 0 Å². The lowest BCUT2D eigenvalue weighted by atomic mass is 10.2. The Hall–Kier alpha value is -1.37. The summed E-state index contributed by atoms with van der Waals surface area (Å²) in [5.41, 5.74) is 0.683. The number of carbonyl (C=O) groups is 1. The molecule has 0 unspecified atom stereocenters. The minimum atomic E-state index is -1.96. The first kappa shape index (κ1) is 24.9. The van der Waals surface area contributed by atoms with Crippen LogP contribution in [0.4, 0.5) is 4.79 Å². The number of hydrogen-bond donors (Lipinski definition) is 1. The molecule has 0 bridgehead atoms. The van der Waals surface area contributed by atoms with E-state index in [1.807, 2.05) is 39.0 Å². The van der Waals surface area contributed by atoms with Crippen molar-refractivity contribution in [1.82, 2.24) is 5.32 Å². The largest absolute Gasteiger partial charge is 0.444 e. The molecule has 1 fully saturated rings. The number of nitrogens with one attached hydrogen (secondary N) is 1. The molecule has 2 rings (SSSR count). The van der Waals surface area contributed by atoms with Gasteiger partial charge < -0.3 is 19.2 Å². The molecule has 1 aliphatic rings. The van der Waals surface area contributed by atoms with E-state index in [9.17, 15) is 4.79 Å². The second kappa shape index (κ2) is 9.84. The molecule has 0 aliphatic heterocycles. The Morgan fingerprint density at radius 1 is 1.13 bits per heavy atom. The third kappa shape index (κ3) is 8.04. The van der Waals surface area contributed by atoms with E-state index in [2.05, 4.69) is 51.3 Å². The van der Waals surface area contributed by atoms with Crippen molar-refractivity contribution >= 4 is 14.4 Å². The Balaban J connectivity index is 1.92. The molecule has 0 aromatic heterocycles. The Kier molecular flexibility index (Phi) is 8.16. The van der Waals surface area contributed by atoms with E-state index < -0.39 is 13.9 Å². The Labute approximate surface area is 184 Å². The van der Waals surface area contributed by atoms with Gasteiger partial charge in [-0.1, -0.05) is 51.1 Å². The normalized spacial score (nSPS) is 20.5. The number of alkyl carbamates (subject to hydrolysis) is 1. The number of rotatable bonds is 9. The summed E-state index contributed by atoms with van der Waals surface area (Å²) in [6.07, 6.45) is 0.678. The fourth-order valence-corrected chi connectivity index (χ4v) is 4.52. The molecular formula is C24H41NO4Si. The first-order valence-corrected chi connectivity index (χ1v) is 14.0. The maximum absolute atomic E-state index is 12.2. The van der Waals surface area contributed by atoms with E-state index in [1.165, 1.54) is 5.56 Å². The van der Waals surface area contributed by atoms with E-state index in [4.69, 9.17) is 13.9 Å². The van der Waals surface area contributed by atoms with Gasteiger partial charge in [-0.05, 0) is 62.7 Å². The third-order valence-electron chi connectivity index (χ3n) is 6.00. The van der Waals surface area contributed by atoms with Crippen LogP contribution in [-0.4, -0.2) is 39.3 Å². The van der Waals surface area contributed by atoms with Crippen LogP contribution in [0.25, 0.3) is 0 Å². The summed E-state index contributed by atoms with van der Waals surface area (Å²) in [6.45, 7) is 18.7. The molecule has 0 saturated heterocycles. The summed E-state index contributed by atoms with van der Waals surface area (Å²) < 4.78 is 18.1. The van der Waals surface area contributed by atoms with Crippen LogP contribution in [0.5, 0.6) is 0 Å². The Bertz CT molecular complexity index is 679. The lowest BCUT2D eigenvalue weighted by Gasteiger charge is -2.39. The third-order valence-corrected chi connectivity index (χ3v) is 10.5. The van der Waals surface area contributed by atoms with Gasteiger partial charge in [-0.15, -0.1) is 0 Å². The zero-order valence-corrected chi connectivity index (χ0v) is 21.1. The number of hydrogen-bond acceptors (Lipinski definition) is 4. The van der Waals surface area contributed by atoms with Gasteiger partial charge in [0.1, 0.15) is 5.60 Å². The van der Waals surface area contributed by atoms with Crippen molar-refractivity contribution in [2.45, 2.75) is 84.4 Å². The summed E-state index contributed by atoms with van der Waals surface area (Å²) in [6, 6.07) is 10.2. The highest BCUT2D eigenvalue weighted by molar-refractivity contribution is 6.74. The van der Waals surface area contributed by atoms with Crippen molar-refractivity contribution in [3.05, 3.63) is 35.9 Å². The smallest absolute Gasteiger partial charge is 0.407 e. The Morgan fingerprint density at radius 3 is 2.33 bits per heavy atom. The fourth-order valence-electron chi connectivity index (χ4n) is 3.15. The average Bonchev–Trinajstić information content (AvgIpc) is 3.36. The monoisotopic (exact) mass is 435 g/mol. The molecule has 0 spiro atoms. The molecule has 1 saturated carbocycles. The summed E-state index contributed by atoms with van der Waals surface area (Å²) in [5.74, 6) is 0.883. The van der Waals surface area contributed by atoms with Gasteiger partial charge in [0.05, 0.1) is 19.3 Å². The van der Waals surface area contributed by atoms with Gasteiger partial charge in [0.15, 0.2) is 8.32 Å². The van der Waals surface area contributed by atoms with Gasteiger partial charge in [-0.25, -0.2) is 4.79 Å². The molecule has 1 aliphatic carbocycles. The van der Waals surface area contributed by atoms with E-state index >= 15 is 0 Å². The molecular weight excluding hydrogens is 394 g/mol. The van der Waals surface area contributed by atoms with Crippen molar-refractivity contribution in [2.75, 3.05) is 13.2 Å². The second-order valence-electron chi connectivity index (χ2n) is 11.0. The molecule has 170 valence electrons. The predicted molar refractivity (Wildman–Crippen MR) is 124 cm³/mol. The fraction of sp³-hybridized carbons (Fsp3) is 0.708. The summed E-state index contributed by atoms with van der Waals surface area (Å²) in [7, 11) is -1.96. The topological polar surface area (TPSA) is 56.8 Å². The number of amides is 1. The van der Waals surface area contributed by atoms with Crippen LogP contribution in [0, 0.1) is 11.8 Å². The van der Waals surface area contributed by atoms with Crippen molar-refractivity contribution in [2.24, 2.45) is 11.8 Å². The van der Waals surface area contributed by atoms with Gasteiger partial charge in [0.2, 0.25) is 0 Å². The van der Waals surface area contributed by atoms with Crippen molar-refractivity contribution in [1.29, 1.82) is 0 Å². The SMILES string of the molecule is CC(C)(C)OC(=O)NC[C@H](O[Si](C)(C)C(C)(C)C)[C@H]1C[C@@H]1COCc1ccccc1. The zero-order chi connectivity index (χ0) is 22.6. The molecule has 3 atom stereocenters. The highest BCUT2D eigenvalue weighted by Gasteiger charge is 2.48. The van der Waals surface area contributed by atoms with Gasteiger partial charge in [0.25, 0.3) is 0 Å². The van der Waals surface area contributed by atoms with E-state index in [0.29, 0.717) is 25.0 Å². The maximum Gasteiger partial charge on any atom is 0.407 e. The minimum Gasteiger partial charge on any atom is -0.444 e. The van der Waals surface area contributed by atoms with Gasteiger partial charge in [0, 0.05) is 6.54 Å². The van der Waals surface area contributed by atoms with E-state index in [-0.39, 0.29) is 17.2 Å². The summed E-state index contributed by atoms with van der Waals surface area (Å²) in [5, 5.41) is 3.05. The quantitative estimate of drug-likeness (QED) is 0.501. The Morgan fingerprint density at radius 2 is 1.77 bits per heavy atom. The van der Waals surface area contributed by atoms with Gasteiger partial charge in [-0.2, -0.15) is 0 Å². The lowest BCUT2D eigenvalue weighted by Crippen LogP contribution is -2.48. The predicted octanol–water partition coefficient (Wildman–Crippen LogP) is 5.75. The van der Waals surface area contributed by atoms with Gasteiger partial charge >= 0.3 is 6.09 Å². The van der Waals surface area contributed by atoms with Gasteiger partial charge in [-0.3, -0.25) is 0 Å². The molecule has 0 heterocycles. The van der Waals surface area contributed by atoms with Crippen LogP contribution in [0.2, 0.25) is 18.1 Å². The van der Waals surface area contributed by atoms with Crippen LogP contribution < -0.4 is 5.32 Å². The zero-order valence-electron chi connectivity index (χ0n) is 20.1. The van der Waals surface area contributed by atoms with Crippen molar-refractivity contribution in [3.8, 4) is 0 Å². The maximum atomic E-state index is 12.2. The lowest BCUT2D eigenvalue weighted by molar-refractivity contribution is 0.0478. The minimum absolute atomic E-state index is 0.0104. The number of ether oxygens (including phenoxy) is 2. The summed E-state index contributed by atoms with van der Waals surface area (Å²) in [4.78, 5) is 12.2. The van der Waals surface area contributed by atoms with E-state index in [1.54, 1.807) is 0 Å². The highest BCUT2D eigenvalue weighted by Crippen LogP contribution is 2.46. The standard InChI is InChI=1S/C24H41NO4Si/c1-23(2,3)28-22(26)25-15-21(29-30(7,8)24(4,5)6)20-14-19(20)17-27-16-18-12-10-9-11-13-18/h9-13,19-21H,14-17H2,1-8H3,(H,25,26)/t19-,20+,21+/m1/s1.